The summed E-state index contributed by atoms with van der Waals surface area (Å²) in [5, 5.41) is 1.92. The van der Waals surface area contributed by atoms with E-state index in [1.165, 1.54) is 17.7 Å². The summed E-state index contributed by atoms with van der Waals surface area (Å²) in [4.78, 5) is 28.8. The number of imidazole rings is 1. The highest BCUT2D eigenvalue weighted by molar-refractivity contribution is 7.07. The topological polar surface area (TPSA) is 118 Å². The van der Waals surface area contributed by atoms with E-state index in [0.717, 1.165) is 5.69 Å². The second-order valence-corrected chi connectivity index (χ2v) is 6.87. The van der Waals surface area contributed by atoms with Crippen LogP contribution in [0.25, 0.3) is 11.2 Å². The molecule has 3 heterocycles. The zero-order chi connectivity index (χ0) is 20.1. The molecule has 29 heavy (non-hydrogen) atoms. The summed E-state index contributed by atoms with van der Waals surface area (Å²) < 4.78 is 12.9. The minimum atomic E-state index is -0.397. The third-order valence-corrected chi connectivity index (χ3v) is 4.78. The molecule has 4 rings (SSSR count). The predicted octanol–water partition coefficient (Wildman–Crippen LogP) is 2.69. The van der Waals surface area contributed by atoms with Crippen LogP contribution in [0.2, 0.25) is 0 Å². The van der Waals surface area contributed by atoms with E-state index in [1.54, 1.807) is 36.1 Å². The van der Waals surface area contributed by atoms with Crippen molar-refractivity contribution in [1.82, 2.24) is 24.5 Å². The van der Waals surface area contributed by atoms with E-state index < -0.39 is 5.97 Å². The van der Waals surface area contributed by atoms with Gasteiger partial charge in [0, 0.05) is 11.9 Å². The Balaban J connectivity index is 1.28. The smallest absolute Gasteiger partial charge is 0.338 e. The first-order valence-corrected chi connectivity index (χ1v) is 9.83. The summed E-state index contributed by atoms with van der Waals surface area (Å²) in [5.41, 5.74) is 10.0. The fourth-order valence-corrected chi connectivity index (χ4v) is 3.27. The lowest BCUT2D eigenvalue weighted by Crippen LogP contribution is -2.09. The quantitative estimate of drug-likeness (QED) is 0.348. The zero-order valence-electron chi connectivity index (χ0n) is 15.4. The maximum atomic E-state index is 12.3. The number of rotatable bonds is 8. The number of esters is 1. The monoisotopic (exact) mass is 410 g/mol. The average Bonchev–Trinajstić information content (AvgIpc) is 3.40. The molecule has 9 nitrogen and oxygen atoms in total. The Morgan fingerprint density at radius 2 is 2.14 bits per heavy atom. The summed E-state index contributed by atoms with van der Waals surface area (Å²) in [7, 11) is 0. The summed E-state index contributed by atoms with van der Waals surface area (Å²) in [6, 6.07) is 6.91. The third-order valence-electron chi connectivity index (χ3n) is 4.15. The van der Waals surface area contributed by atoms with Gasteiger partial charge in [0.1, 0.15) is 24.2 Å². The SMILES string of the molecule is Nc1ncnc2c1ncn2CCCOC(=O)c1cccc(OCc2cscn2)c1. The van der Waals surface area contributed by atoms with Crippen molar-refractivity contribution in [2.45, 2.75) is 19.6 Å². The summed E-state index contributed by atoms with van der Waals surface area (Å²) in [5.74, 6) is 0.540. The van der Waals surface area contributed by atoms with Crippen LogP contribution in [0.3, 0.4) is 0 Å². The summed E-state index contributed by atoms with van der Waals surface area (Å²) >= 11 is 1.51. The van der Waals surface area contributed by atoms with Gasteiger partial charge in [-0.3, -0.25) is 0 Å². The van der Waals surface area contributed by atoms with Gasteiger partial charge in [-0.05, 0) is 24.6 Å². The van der Waals surface area contributed by atoms with Crippen molar-refractivity contribution >= 4 is 34.3 Å². The molecule has 0 unspecified atom stereocenters. The number of carbonyl (C=O) groups excluding carboxylic acids is 1. The first-order chi connectivity index (χ1) is 14.2. The van der Waals surface area contributed by atoms with Gasteiger partial charge < -0.3 is 19.8 Å². The Hall–Kier alpha value is -3.53. The van der Waals surface area contributed by atoms with E-state index in [0.29, 0.717) is 47.9 Å². The highest BCUT2D eigenvalue weighted by atomic mass is 32.1. The minimum absolute atomic E-state index is 0.267. The lowest BCUT2D eigenvalue weighted by atomic mass is 10.2. The van der Waals surface area contributed by atoms with Crippen LogP contribution in [0.4, 0.5) is 5.82 Å². The van der Waals surface area contributed by atoms with Crippen molar-refractivity contribution in [2.24, 2.45) is 0 Å². The number of hydrogen-bond donors (Lipinski definition) is 1. The molecule has 0 aliphatic heterocycles. The number of ether oxygens (including phenoxy) is 2. The molecule has 0 aliphatic rings. The van der Waals surface area contributed by atoms with Crippen molar-refractivity contribution in [3.63, 3.8) is 0 Å². The number of aryl methyl sites for hydroxylation is 1. The van der Waals surface area contributed by atoms with Crippen LogP contribution in [0.1, 0.15) is 22.5 Å². The summed E-state index contributed by atoms with van der Waals surface area (Å²) in [6.45, 7) is 1.22. The Morgan fingerprint density at radius 3 is 3.00 bits per heavy atom. The molecular weight excluding hydrogens is 392 g/mol. The van der Waals surface area contributed by atoms with Gasteiger partial charge >= 0.3 is 5.97 Å². The fourth-order valence-electron chi connectivity index (χ4n) is 2.72. The van der Waals surface area contributed by atoms with Crippen molar-refractivity contribution in [3.05, 3.63) is 59.1 Å². The molecule has 0 saturated carbocycles. The normalized spacial score (nSPS) is 10.9. The molecule has 1 aromatic carbocycles. The van der Waals surface area contributed by atoms with E-state index in [2.05, 4.69) is 19.9 Å². The predicted molar refractivity (Wildman–Crippen MR) is 108 cm³/mol. The van der Waals surface area contributed by atoms with Crippen LogP contribution >= 0.6 is 11.3 Å². The molecule has 0 saturated heterocycles. The first-order valence-electron chi connectivity index (χ1n) is 8.89. The van der Waals surface area contributed by atoms with Crippen molar-refractivity contribution in [3.8, 4) is 5.75 Å². The van der Waals surface area contributed by atoms with E-state index in [1.807, 2.05) is 9.95 Å². The van der Waals surface area contributed by atoms with Gasteiger partial charge in [0.05, 0.1) is 29.7 Å². The largest absolute Gasteiger partial charge is 0.487 e. The van der Waals surface area contributed by atoms with Crippen LogP contribution in [-0.2, 0) is 17.9 Å². The minimum Gasteiger partial charge on any atom is -0.487 e. The Bertz CT molecular complexity index is 1110. The molecule has 4 aromatic rings. The number of aromatic nitrogens is 5. The van der Waals surface area contributed by atoms with Crippen molar-refractivity contribution in [2.75, 3.05) is 12.3 Å². The van der Waals surface area contributed by atoms with E-state index in [9.17, 15) is 4.79 Å². The average molecular weight is 410 g/mol. The molecule has 0 amide bonds. The highest BCUT2D eigenvalue weighted by Crippen LogP contribution is 2.17. The lowest BCUT2D eigenvalue weighted by molar-refractivity contribution is 0.0495. The molecular formula is C19H18N6O3S. The Labute approximate surface area is 170 Å². The molecule has 2 N–H and O–H groups in total. The second-order valence-electron chi connectivity index (χ2n) is 6.15. The van der Waals surface area contributed by atoms with Gasteiger partial charge in [-0.2, -0.15) is 0 Å². The number of nitrogens with two attached hydrogens (primary N) is 1. The standard InChI is InChI=1S/C19H18N6O3S/c20-17-16-18(22-10-21-17)25(11-23-16)5-2-6-27-19(26)13-3-1-4-15(7-13)28-8-14-9-29-12-24-14/h1,3-4,7,9-12H,2,5-6,8H2,(H2,20,21,22). The van der Waals surface area contributed by atoms with Crippen LogP contribution in [0.15, 0.2) is 47.8 Å². The highest BCUT2D eigenvalue weighted by Gasteiger charge is 2.10. The molecule has 0 atom stereocenters. The Morgan fingerprint density at radius 1 is 1.21 bits per heavy atom. The second kappa shape index (κ2) is 8.65. The van der Waals surface area contributed by atoms with Gasteiger partial charge in [-0.1, -0.05) is 6.07 Å². The lowest BCUT2D eigenvalue weighted by Gasteiger charge is -2.08. The number of hydrogen-bond acceptors (Lipinski definition) is 9. The Kier molecular flexibility index (Phi) is 5.61. The molecule has 0 fully saturated rings. The van der Waals surface area contributed by atoms with Gasteiger partial charge in [-0.15, -0.1) is 11.3 Å². The van der Waals surface area contributed by atoms with Crippen LogP contribution < -0.4 is 10.5 Å². The molecule has 0 spiro atoms. The molecule has 0 radical (unpaired) electrons. The molecule has 10 heteroatoms. The number of thiazole rings is 1. The number of fused-ring (bicyclic) bond motifs is 1. The number of nitrogens with zero attached hydrogens (tertiary/aromatic N) is 5. The number of anilines is 1. The van der Waals surface area contributed by atoms with Crippen molar-refractivity contribution in [1.29, 1.82) is 0 Å². The number of nitrogen functional groups attached to an aromatic ring is 1. The van der Waals surface area contributed by atoms with Gasteiger partial charge in [0.15, 0.2) is 11.5 Å². The van der Waals surface area contributed by atoms with Crippen LogP contribution in [0.5, 0.6) is 5.75 Å². The number of benzene rings is 1. The molecule has 0 bridgehead atoms. The maximum Gasteiger partial charge on any atom is 0.338 e. The summed E-state index contributed by atoms with van der Waals surface area (Å²) in [6.07, 6.45) is 3.67. The van der Waals surface area contributed by atoms with Crippen LogP contribution in [0, 0.1) is 0 Å². The van der Waals surface area contributed by atoms with Gasteiger partial charge in [0.2, 0.25) is 0 Å². The van der Waals surface area contributed by atoms with Gasteiger partial charge in [0.25, 0.3) is 0 Å². The molecule has 0 aliphatic carbocycles. The zero-order valence-corrected chi connectivity index (χ0v) is 16.2. The van der Waals surface area contributed by atoms with Gasteiger partial charge in [-0.25, -0.2) is 24.7 Å². The third kappa shape index (κ3) is 4.49. The van der Waals surface area contributed by atoms with E-state index in [-0.39, 0.29) is 6.61 Å². The van der Waals surface area contributed by atoms with E-state index >= 15 is 0 Å². The molecule has 148 valence electrons. The number of carbonyl (C=O) groups is 1. The maximum absolute atomic E-state index is 12.3. The first kappa shape index (κ1) is 18.8. The van der Waals surface area contributed by atoms with Crippen LogP contribution in [-0.4, -0.2) is 37.1 Å². The molecule has 3 aromatic heterocycles. The fraction of sp³-hybridized carbons (Fsp3) is 0.211. The van der Waals surface area contributed by atoms with E-state index in [4.69, 9.17) is 15.2 Å². The van der Waals surface area contributed by atoms with Crippen molar-refractivity contribution < 1.29 is 14.3 Å².